The van der Waals surface area contributed by atoms with E-state index in [1.165, 1.54) is 6.92 Å². The Morgan fingerprint density at radius 2 is 2.15 bits per heavy atom. The summed E-state index contributed by atoms with van der Waals surface area (Å²) in [7, 11) is 0. The lowest BCUT2D eigenvalue weighted by atomic mass is 10.2. The summed E-state index contributed by atoms with van der Waals surface area (Å²) in [5, 5.41) is 9.72. The third-order valence-electron chi connectivity index (χ3n) is 1.45. The molecule has 1 atom stereocenters. The van der Waals surface area contributed by atoms with Gasteiger partial charge < -0.3 is 9.84 Å². The lowest BCUT2D eigenvalue weighted by Crippen LogP contribution is -2.07. The van der Waals surface area contributed by atoms with E-state index in [4.69, 9.17) is 11.6 Å². The smallest absolute Gasteiger partial charge is 0.305 e. The molecule has 0 spiro atoms. The van der Waals surface area contributed by atoms with E-state index in [-0.39, 0.29) is 0 Å². The van der Waals surface area contributed by atoms with Crippen molar-refractivity contribution >= 4 is 17.6 Å². The lowest BCUT2D eigenvalue weighted by Gasteiger charge is -2.11. The quantitative estimate of drug-likeness (QED) is 0.586. The first-order chi connectivity index (χ1) is 6.11. The summed E-state index contributed by atoms with van der Waals surface area (Å²) in [6, 6.07) is 6.64. The molecule has 0 heterocycles. The number of benzene rings is 1. The minimum absolute atomic E-state index is 0.372. The molecule has 0 saturated carbocycles. The van der Waals surface area contributed by atoms with Gasteiger partial charge in [0.1, 0.15) is 0 Å². The third-order valence-corrected chi connectivity index (χ3v) is 1.79. The average Bonchev–Trinajstić information content (AvgIpc) is 2.03. The predicted molar refractivity (Wildman–Crippen MR) is 48.2 cm³/mol. The summed E-state index contributed by atoms with van der Waals surface area (Å²) in [6.07, 6.45) is -1.29. The molecule has 0 amide bonds. The predicted octanol–water partition coefficient (Wildman–Crippen LogP) is 1.89. The van der Waals surface area contributed by atoms with Crippen LogP contribution in [0.4, 0.5) is 0 Å². The minimum atomic E-state index is -1.29. The summed E-state index contributed by atoms with van der Waals surface area (Å²) in [6.45, 7) is 1.22. The molecular formula is C9H9ClO3. The van der Waals surface area contributed by atoms with Gasteiger partial charge in [0.05, 0.1) is 5.02 Å². The number of carbonyl (C=O) groups is 1. The van der Waals surface area contributed by atoms with Crippen LogP contribution in [0, 0.1) is 0 Å². The van der Waals surface area contributed by atoms with Crippen LogP contribution in [-0.2, 0) is 9.53 Å². The first-order valence-electron chi connectivity index (χ1n) is 3.71. The van der Waals surface area contributed by atoms with Gasteiger partial charge in [-0.1, -0.05) is 29.8 Å². The largest absolute Gasteiger partial charge is 0.432 e. The number of aliphatic hydroxyl groups is 1. The molecule has 0 aliphatic carbocycles. The zero-order valence-corrected chi connectivity index (χ0v) is 7.78. The van der Waals surface area contributed by atoms with E-state index in [2.05, 4.69) is 4.74 Å². The van der Waals surface area contributed by atoms with E-state index in [1.807, 2.05) is 0 Å². The van der Waals surface area contributed by atoms with Gasteiger partial charge in [0.25, 0.3) is 0 Å². The SMILES string of the molecule is CC(=O)O[C@H](O)c1ccccc1Cl. The molecule has 0 radical (unpaired) electrons. The maximum atomic E-state index is 10.5. The molecule has 0 bridgehead atoms. The van der Waals surface area contributed by atoms with Crippen molar-refractivity contribution in [3.63, 3.8) is 0 Å². The molecule has 0 unspecified atom stereocenters. The number of aliphatic hydroxyl groups excluding tert-OH is 1. The van der Waals surface area contributed by atoms with Gasteiger partial charge in [-0.3, -0.25) is 4.79 Å². The highest BCUT2D eigenvalue weighted by molar-refractivity contribution is 6.31. The van der Waals surface area contributed by atoms with Gasteiger partial charge in [0.15, 0.2) is 0 Å². The fraction of sp³-hybridized carbons (Fsp3) is 0.222. The first-order valence-corrected chi connectivity index (χ1v) is 4.09. The number of rotatable bonds is 2. The van der Waals surface area contributed by atoms with Crippen LogP contribution in [-0.4, -0.2) is 11.1 Å². The van der Waals surface area contributed by atoms with Crippen LogP contribution in [0.3, 0.4) is 0 Å². The van der Waals surface area contributed by atoms with Crippen molar-refractivity contribution in [2.45, 2.75) is 13.2 Å². The van der Waals surface area contributed by atoms with Crippen molar-refractivity contribution in [3.05, 3.63) is 34.9 Å². The van der Waals surface area contributed by atoms with Crippen LogP contribution in [0.15, 0.2) is 24.3 Å². The first kappa shape index (κ1) is 10.0. The summed E-state index contributed by atoms with van der Waals surface area (Å²) < 4.78 is 4.55. The summed E-state index contributed by atoms with van der Waals surface area (Å²) >= 11 is 5.75. The van der Waals surface area contributed by atoms with Crippen LogP contribution in [0.5, 0.6) is 0 Å². The van der Waals surface area contributed by atoms with Crippen molar-refractivity contribution in [1.82, 2.24) is 0 Å². The number of ether oxygens (including phenoxy) is 1. The van der Waals surface area contributed by atoms with Crippen LogP contribution in [0.2, 0.25) is 5.02 Å². The molecule has 4 heteroatoms. The van der Waals surface area contributed by atoms with Crippen LogP contribution in [0.1, 0.15) is 18.8 Å². The Hall–Kier alpha value is -1.06. The van der Waals surface area contributed by atoms with Crippen LogP contribution in [0.25, 0.3) is 0 Å². The van der Waals surface area contributed by atoms with Gasteiger partial charge in [-0.2, -0.15) is 0 Å². The Balaban J connectivity index is 2.82. The average molecular weight is 201 g/mol. The summed E-state index contributed by atoms with van der Waals surface area (Å²) in [5.41, 5.74) is 0.388. The second-order valence-corrected chi connectivity index (χ2v) is 2.89. The number of hydrogen-bond acceptors (Lipinski definition) is 3. The van der Waals surface area contributed by atoms with Crippen molar-refractivity contribution in [3.8, 4) is 0 Å². The second-order valence-electron chi connectivity index (χ2n) is 2.48. The van der Waals surface area contributed by atoms with Crippen molar-refractivity contribution in [2.75, 3.05) is 0 Å². The van der Waals surface area contributed by atoms with E-state index in [1.54, 1.807) is 24.3 Å². The molecule has 3 nitrogen and oxygen atoms in total. The van der Waals surface area contributed by atoms with Gasteiger partial charge in [-0.05, 0) is 6.07 Å². The van der Waals surface area contributed by atoms with E-state index >= 15 is 0 Å². The molecule has 1 rings (SSSR count). The molecule has 70 valence electrons. The summed E-state index contributed by atoms with van der Waals surface area (Å²) in [4.78, 5) is 10.5. The van der Waals surface area contributed by atoms with Crippen molar-refractivity contribution < 1.29 is 14.6 Å². The number of hydrogen-bond donors (Lipinski definition) is 1. The monoisotopic (exact) mass is 200 g/mol. The highest BCUT2D eigenvalue weighted by Crippen LogP contribution is 2.23. The zero-order valence-electron chi connectivity index (χ0n) is 7.03. The van der Waals surface area contributed by atoms with Gasteiger partial charge >= 0.3 is 5.97 Å². The second kappa shape index (κ2) is 4.25. The highest BCUT2D eigenvalue weighted by atomic mass is 35.5. The molecule has 13 heavy (non-hydrogen) atoms. The molecule has 0 aliphatic rings. The standard InChI is InChI=1S/C9H9ClO3/c1-6(11)13-9(12)7-4-2-3-5-8(7)10/h2-5,9,12H,1H3/t9-/m0/s1. The molecule has 0 fully saturated rings. The molecular weight excluding hydrogens is 192 g/mol. The van der Waals surface area contributed by atoms with Gasteiger partial charge in [0.2, 0.25) is 6.29 Å². The van der Waals surface area contributed by atoms with Crippen LogP contribution < -0.4 is 0 Å². The maximum Gasteiger partial charge on any atom is 0.305 e. The Labute approximate surface area is 80.9 Å². The van der Waals surface area contributed by atoms with Crippen molar-refractivity contribution in [1.29, 1.82) is 0 Å². The van der Waals surface area contributed by atoms with E-state index < -0.39 is 12.3 Å². The van der Waals surface area contributed by atoms with Gasteiger partial charge in [-0.25, -0.2) is 0 Å². The van der Waals surface area contributed by atoms with Crippen LogP contribution >= 0.6 is 11.6 Å². The summed E-state index contributed by atoms with van der Waals surface area (Å²) in [5.74, 6) is -0.549. The fourth-order valence-corrected chi connectivity index (χ4v) is 1.13. The lowest BCUT2D eigenvalue weighted by molar-refractivity contribution is -0.166. The van der Waals surface area contributed by atoms with Crippen molar-refractivity contribution in [2.24, 2.45) is 0 Å². The van der Waals surface area contributed by atoms with E-state index in [0.29, 0.717) is 10.6 Å². The van der Waals surface area contributed by atoms with E-state index in [0.717, 1.165) is 0 Å². The minimum Gasteiger partial charge on any atom is -0.432 e. The number of carbonyl (C=O) groups excluding carboxylic acids is 1. The Morgan fingerprint density at radius 1 is 1.54 bits per heavy atom. The molecule has 0 saturated heterocycles. The topological polar surface area (TPSA) is 46.5 Å². The molecule has 0 aliphatic heterocycles. The Morgan fingerprint density at radius 3 is 2.69 bits per heavy atom. The maximum absolute atomic E-state index is 10.5. The van der Waals surface area contributed by atoms with Gasteiger partial charge in [-0.15, -0.1) is 0 Å². The number of esters is 1. The molecule has 1 N–H and O–H groups in total. The Bertz CT molecular complexity index is 311. The highest BCUT2D eigenvalue weighted by Gasteiger charge is 2.12. The molecule has 1 aromatic rings. The fourth-order valence-electron chi connectivity index (χ4n) is 0.896. The zero-order chi connectivity index (χ0) is 9.84. The normalized spacial score (nSPS) is 12.2. The van der Waals surface area contributed by atoms with Gasteiger partial charge in [0, 0.05) is 12.5 Å². The van der Waals surface area contributed by atoms with E-state index in [9.17, 15) is 9.90 Å². The number of halogens is 1. The molecule has 1 aromatic carbocycles. The third kappa shape index (κ3) is 2.72. The Kier molecular flexibility index (Phi) is 3.28. The molecule has 0 aromatic heterocycles.